The van der Waals surface area contributed by atoms with Crippen molar-refractivity contribution in [3.63, 3.8) is 0 Å². The Morgan fingerprint density at radius 3 is 2.57 bits per heavy atom. The van der Waals surface area contributed by atoms with E-state index in [2.05, 4.69) is 4.90 Å². The second kappa shape index (κ2) is 6.53. The molecule has 0 spiro atoms. The number of piperidine rings is 1. The molecule has 2 aliphatic rings. The predicted octanol–water partition coefficient (Wildman–Crippen LogP) is 3.29. The zero-order valence-electron chi connectivity index (χ0n) is 13.1. The third-order valence-electron chi connectivity index (χ3n) is 4.42. The first-order chi connectivity index (χ1) is 10.9. The number of benzene rings is 1. The third-order valence-corrected chi connectivity index (χ3v) is 6.06. The normalized spacial score (nSPS) is 24.8. The third kappa shape index (κ3) is 3.95. The molecule has 2 unspecified atom stereocenters. The number of halogens is 3. The number of alkyl halides is 3. The van der Waals surface area contributed by atoms with E-state index in [1.54, 1.807) is 0 Å². The van der Waals surface area contributed by atoms with Crippen molar-refractivity contribution in [3.8, 4) is 0 Å². The van der Waals surface area contributed by atoms with Gasteiger partial charge >= 0.3 is 6.18 Å². The molecule has 1 saturated carbocycles. The topological polar surface area (TPSA) is 23.6 Å². The molecule has 7 heteroatoms. The van der Waals surface area contributed by atoms with Crippen LogP contribution >= 0.6 is 0 Å². The van der Waals surface area contributed by atoms with E-state index in [1.807, 2.05) is 11.4 Å². The van der Waals surface area contributed by atoms with Gasteiger partial charge in [-0.3, -0.25) is 0 Å². The Morgan fingerprint density at radius 1 is 1.22 bits per heavy atom. The lowest BCUT2D eigenvalue weighted by molar-refractivity contribution is -0.137. The molecule has 1 aromatic rings. The quantitative estimate of drug-likeness (QED) is 0.835. The van der Waals surface area contributed by atoms with Crippen molar-refractivity contribution in [3.05, 3.63) is 29.8 Å². The Morgan fingerprint density at radius 2 is 1.96 bits per heavy atom. The molecule has 2 fully saturated rings. The van der Waals surface area contributed by atoms with Gasteiger partial charge in [0.05, 0.1) is 10.5 Å². The van der Waals surface area contributed by atoms with Gasteiger partial charge in [0.2, 0.25) is 0 Å². The molecule has 128 valence electrons. The summed E-state index contributed by atoms with van der Waals surface area (Å²) in [6.45, 7) is 1.84. The summed E-state index contributed by atoms with van der Waals surface area (Å²) in [5.41, 5.74) is -0.736. The maximum absolute atomic E-state index is 13.0. The Bertz CT molecular complexity index is 589. The number of likely N-dealkylation sites (N-methyl/N-ethyl adjacent to an activating group) is 1. The SMILES string of the molecule is CN1CCCC(N(C2CC2)S(=O)c2cccc(C(F)(F)F)c2)C1. The number of hydrogen-bond donors (Lipinski definition) is 0. The summed E-state index contributed by atoms with van der Waals surface area (Å²) in [7, 11) is 0.492. The average molecular weight is 346 g/mol. The summed E-state index contributed by atoms with van der Waals surface area (Å²) in [5, 5.41) is 0. The van der Waals surface area contributed by atoms with Crippen molar-refractivity contribution in [2.45, 2.75) is 48.8 Å². The van der Waals surface area contributed by atoms with Crippen LogP contribution in [0.1, 0.15) is 31.2 Å². The van der Waals surface area contributed by atoms with E-state index in [4.69, 9.17) is 0 Å². The van der Waals surface area contributed by atoms with Crippen LogP contribution in [-0.2, 0) is 17.2 Å². The largest absolute Gasteiger partial charge is 0.416 e. The first-order valence-corrected chi connectivity index (χ1v) is 9.03. The van der Waals surface area contributed by atoms with E-state index in [0.29, 0.717) is 0 Å². The van der Waals surface area contributed by atoms with Gasteiger partial charge in [0, 0.05) is 18.6 Å². The molecule has 1 saturated heterocycles. The van der Waals surface area contributed by atoms with Gasteiger partial charge in [-0.2, -0.15) is 13.2 Å². The van der Waals surface area contributed by atoms with E-state index in [-0.39, 0.29) is 17.0 Å². The summed E-state index contributed by atoms with van der Waals surface area (Å²) in [6.07, 6.45) is -0.471. The molecular formula is C16H21F3N2OS. The lowest BCUT2D eigenvalue weighted by Crippen LogP contribution is -2.48. The van der Waals surface area contributed by atoms with E-state index in [9.17, 15) is 17.4 Å². The molecule has 1 aliphatic heterocycles. The van der Waals surface area contributed by atoms with E-state index in [1.165, 1.54) is 12.1 Å². The lowest BCUT2D eigenvalue weighted by atomic mass is 10.1. The number of rotatable bonds is 4. The van der Waals surface area contributed by atoms with Crippen LogP contribution in [0.3, 0.4) is 0 Å². The average Bonchev–Trinajstić information content (AvgIpc) is 3.31. The van der Waals surface area contributed by atoms with Gasteiger partial charge in [-0.25, -0.2) is 8.51 Å². The van der Waals surface area contributed by atoms with Crippen LogP contribution in [0, 0.1) is 0 Å². The minimum absolute atomic E-state index is 0.150. The highest BCUT2D eigenvalue weighted by Crippen LogP contribution is 2.36. The van der Waals surface area contributed by atoms with Crippen LogP contribution < -0.4 is 0 Å². The minimum Gasteiger partial charge on any atom is -0.305 e. The zero-order valence-corrected chi connectivity index (χ0v) is 13.9. The van der Waals surface area contributed by atoms with Gasteiger partial charge in [0.25, 0.3) is 0 Å². The highest BCUT2D eigenvalue weighted by atomic mass is 32.2. The Hall–Kier alpha value is -0.920. The van der Waals surface area contributed by atoms with E-state index < -0.39 is 22.7 Å². The first kappa shape index (κ1) is 16.9. The van der Waals surface area contributed by atoms with Crippen LogP contribution in [0.2, 0.25) is 0 Å². The Kier molecular flexibility index (Phi) is 4.80. The monoisotopic (exact) mass is 346 g/mol. The van der Waals surface area contributed by atoms with Gasteiger partial charge in [-0.15, -0.1) is 0 Å². The fourth-order valence-electron chi connectivity index (χ4n) is 3.15. The predicted molar refractivity (Wildman–Crippen MR) is 83.2 cm³/mol. The summed E-state index contributed by atoms with van der Waals surface area (Å²) < 4.78 is 53.6. The summed E-state index contributed by atoms with van der Waals surface area (Å²) in [4.78, 5) is 2.45. The van der Waals surface area contributed by atoms with Crippen molar-refractivity contribution in [1.29, 1.82) is 0 Å². The molecule has 1 aromatic carbocycles. The minimum atomic E-state index is -4.41. The lowest BCUT2D eigenvalue weighted by Gasteiger charge is -2.37. The van der Waals surface area contributed by atoms with Gasteiger partial charge in [0.1, 0.15) is 11.0 Å². The number of likely N-dealkylation sites (tertiary alicyclic amines) is 1. The van der Waals surface area contributed by atoms with Crippen LogP contribution in [0.15, 0.2) is 29.2 Å². The van der Waals surface area contributed by atoms with E-state index in [0.717, 1.165) is 50.9 Å². The number of hydrogen-bond acceptors (Lipinski definition) is 2. The highest BCUT2D eigenvalue weighted by Gasteiger charge is 2.40. The Balaban J connectivity index is 1.84. The van der Waals surface area contributed by atoms with Gasteiger partial charge in [-0.1, -0.05) is 6.07 Å². The summed E-state index contributed by atoms with van der Waals surface area (Å²) >= 11 is 0. The van der Waals surface area contributed by atoms with Crippen LogP contribution in [0.4, 0.5) is 13.2 Å². The number of nitrogens with zero attached hydrogens (tertiary/aromatic N) is 2. The van der Waals surface area contributed by atoms with Crippen molar-refractivity contribution >= 4 is 11.0 Å². The fourth-order valence-corrected chi connectivity index (χ4v) is 4.74. The van der Waals surface area contributed by atoms with Crippen molar-refractivity contribution < 1.29 is 17.4 Å². The van der Waals surface area contributed by atoms with Crippen LogP contribution in [0.5, 0.6) is 0 Å². The molecule has 3 rings (SSSR count). The van der Waals surface area contributed by atoms with Crippen molar-refractivity contribution in [1.82, 2.24) is 9.21 Å². The summed E-state index contributed by atoms with van der Waals surface area (Å²) in [6, 6.07) is 5.31. The molecule has 0 aromatic heterocycles. The standard InChI is InChI=1S/C16H21F3N2OS/c1-20-9-3-5-14(11-20)21(13-7-8-13)23(22)15-6-2-4-12(10-15)16(17,18)19/h2,4,6,10,13-14H,3,5,7-9,11H2,1H3. The molecule has 0 N–H and O–H groups in total. The zero-order chi connectivity index (χ0) is 16.6. The molecular weight excluding hydrogens is 325 g/mol. The molecule has 1 heterocycles. The van der Waals surface area contributed by atoms with Gasteiger partial charge in [0.15, 0.2) is 0 Å². The first-order valence-electron chi connectivity index (χ1n) is 7.92. The molecule has 3 nitrogen and oxygen atoms in total. The second-order valence-corrected chi connectivity index (χ2v) is 7.82. The molecule has 2 atom stereocenters. The van der Waals surface area contributed by atoms with Crippen molar-refractivity contribution in [2.75, 3.05) is 20.1 Å². The maximum Gasteiger partial charge on any atom is 0.416 e. The summed E-state index contributed by atoms with van der Waals surface area (Å²) in [5.74, 6) is 0. The second-order valence-electron chi connectivity index (χ2n) is 6.42. The molecule has 0 bridgehead atoms. The molecule has 0 amide bonds. The fraction of sp³-hybridized carbons (Fsp3) is 0.625. The smallest absolute Gasteiger partial charge is 0.305 e. The molecule has 1 aliphatic carbocycles. The molecule has 0 radical (unpaired) electrons. The van der Waals surface area contributed by atoms with Crippen LogP contribution in [0.25, 0.3) is 0 Å². The highest BCUT2D eigenvalue weighted by molar-refractivity contribution is 7.82. The van der Waals surface area contributed by atoms with Gasteiger partial charge in [-0.05, 0) is 57.5 Å². The molecule has 23 heavy (non-hydrogen) atoms. The maximum atomic E-state index is 13.0. The Labute approximate surface area is 137 Å². The van der Waals surface area contributed by atoms with Crippen molar-refractivity contribution in [2.24, 2.45) is 0 Å². The van der Waals surface area contributed by atoms with E-state index >= 15 is 0 Å². The van der Waals surface area contributed by atoms with Gasteiger partial charge < -0.3 is 4.90 Å². The van der Waals surface area contributed by atoms with Crippen LogP contribution in [-0.4, -0.2) is 45.6 Å².